The lowest BCUT2D eigenvalue weighted by molar-refractivity contribution is -0.192. The molecular formula is C20H21F3N4O2. The Morgan fingerprint density at radius 1 is 1.28 bits per heavy atom. The molecule has 1 aliphatic rings. The lowest BCUT2D eigenvalue weighted by atomic mass is 9.95. The number of aryl methyl sites for hydroxylation is 2. The highest BCUT2D eigenvalue weighted by Crippen LogP contribution is 2.24. The highest BCUT2D eigenvalue weighted by atomic mass is 19.4. The first-order valence-electron chi connectivity index (χ1n) is 8.99. The third kappa shape index (κ3) is 6.47. The largest absolute Gasteiger partial charge is 0.490 e. The maximum atomic E-state index is 10.6. The number of rotatable bonds is 4. The zero-order valence-electron chi connectivity index (χ0n) is 15.5. The molecule has 29 heavy (non-hydrogen) atoms. The molecule has 0 spiro atoms. The van der Waals surface area contributed by atoms with E-state index in [9.17, 15) is 18.4 Å². The molecule has 0 radical (unpaired) electrons. The van der Waals surface area contributed by atoms with E-state index in [1.807, 2.05) is 36.4 Å². The first-order valence-corrected chi connectivity index (χ1v) is 8.99. The predicted molar refractivity (Wildman–Crippen MR) is 101 cm³/mol. The first kappa shape index (κ1) is 22.2. The molecule has 1 aromatic heterocycles. The van der Waals surface area contributed by atoms with E-state index in [-0.39, 0.29) is 6.04 Å². The highest BCUT2D eigenvalue weighted by molar-refractivity contribution is 5.73. The number of carboxylic acids is 1. The molecule has 1 aliphatic carbocycles. The zero-order chi connectivity index (χ0) is 21.4. The quantitative estimate of drug-likeness (QED) is 0.716. The van der Waals surface area contributed by atoms with Crippen LogP contribution in [0.5, 0.6) is 0 Å². The third-order valence-electron chi connectivity index (χ3n) is 4.38. The summed E-state index contributed by atoms with van der Waals surface area (Å²) in [4.78, 5) is 13.6. The summed E-state index contributed by atoms with van der Waals surface area (Å²) in [6, 6.07) is 14.1. The van der Waals surface area contributed by atoms with Crippen LogP contribution in [0, 0.1) is 11.3 Å². The summed E-state index contributed by atoms with van der Waals surface area (Å²) in [7, 11) is 0. The van der Waals surface area contributed by atoms with Gasteiger partial charge in [-0.2, -0.15) is 18.4 Å². The Bertz CT molecular complexity index is 880. The minimum atomic E-state index is -5.08. The number of hydrogen-bond acceptors (Lipinski definition) is 5. The smallest absolute Gasteiger partial charge is 0.475 e. The topological polar surface area (TPSA) is 112 Å². The van der Waals surface area contributed by atoms with Gasteiger partial charge in [0.1, 0.15) is 11.9 Å². The number of nitrogens with two attached hydrogens (primary N) is 1. The molecule has 2 aromatic rings. The monoisotopic (exact) mass is 406 g/mol. The van der Waals surface area contributed by atoms with Crippen LogP contribution in [0.15, 0.2) is 36.4 Å². The van der Waals surface area contributed by atoms with Gasteiger partial charge in [0.15, 0.2) is 0 Å². The first-order chi connectivity index (χ1) is 13.7. The number of aliphatic carboxylic acids is 1. The fourth-order valence-electron chi connectivity index (χ4n) is 2.88. The number of carbonyl (C=O) groups is 1. The van der Waals surface area contributed by atoms with E-state index in [2.05, 4.69) is 16.4 Å². The number of fused-ring (bicyclic) bond motifs is 1. The van der Waals surface area contributed by atoms with Crippen molar-refractivity contribution in [3.63, 3.8) is 0 Å². The molecule has 9 heteroatoms. The van der Waals surface area contributed by atoms with Gasteiger partial charge in [-0.05, 0) is 42.9 Å². The molecule has 6 nitrogen and oxygen atoms in total. The van der Waals surface area contributed by atoms with Gasteiger partial charge in [0.2, 0.25) is 0 Å². The van der Waals surface area contributed by atoms with Crippen LogP contribution < -0.4 is 11.1 Å². The Kier molecular flexibility index (Phi) is 7.56. The van der Waals surface area contributed by atoms with E-state index in [1.165, 1.54) is 18.4 Å². The number of anilines is 1. The van der Waals surface area contributed by atoms with Gasteiger partial charge in [-0.1, -0.05) is 30.3 Å². The van der Waals surface area contributed by atoms with E-state index in [1.54, 1.807) is 0 Å². The summed E-state index contributed by atoms with van der Waals surface area (Å²) in [5.41, 5.74) is 10.2. The van der Waals surface area contributed by atoms with Crippen LogP contribution in [0.3, 0.4) is 0 Å². The highest BCUT2D eigenvalue weighted by Gasteiger charge is 2.38. The molecule has 0 saturated carbocycles. The molecule has 0 amide bonds. The van der Waals surface area contributed by atoms with Crippen LogP contribution in [-0.4, -0.2) is 28.8 Å². The van der Waals surface area contributed by atoms with Gasteiger partial charge in [-0.3, -0.25) is 0 Å². The Morgan fingerprint density at radius 2 is 1.90 bits per heavy atom. The van der Waals surface area contributed by atoms with Crippen LogP contribution in [0.2, 0.25) is 0 Å². The summed E-state index contributed by atoms with van der Waals surface area (Å²) in [5.74, 6) is -2.10. The number of nitrogens with one attached hydrogen (secondary N) is 1. The standard InChI is InChI=1S/C18H20N4.C2HF3O2/c19-11-15-10-14-8-4-5-9-17(14)22-18(15)21-12-16(20)13-6-2-1-3-7-13;3-2(4,5)1(6)7/h1-3,6-7,10,16H,4-5,8-9,12,20H2,(H,21,22);(H,6,7). The van der Waals surface area contributed by atoms with Gasteiger partial charge in [-0.15, -0.1) is 0 Å². The van der Waals surface area contributed by atoms with Crippen molar-refractivity contribution in [1.29, 1.82) is 5.26 Å². The number of pyridine rings is 1. The minimum Gasteiger partial charge on any atom is -0.475 e. The average Bonchev–Trinajstić information content (AvgIpc) is 2.71. The Hall–Kier alpha value is -3.12. The molecule has 0 fully saturated rings. The van der Waals surface area contributed by atoms with Crippen molar-refractivity contribution in [2.75, 3.05) is 11.9 Å². The van der Waals surface area contributed by atoms with E-state index < -0.39 is 12.1 Å². The summed E-state index contributed by atoms with van der Waals surface area (Å²) in [6.45, 7) is 0.560. The number of aromatic nitrogens is 1. The molecule has 154 valence electrons. The number of nitriles is 1. The van der Waals surface area contributed by atoms with Gasteiger partial charge in [0, 0.05) is 18.3 Å². The van der Waals surface area contributed by atoms with Crippen molar-refractivity contribution < 1.29 is 23.1 Å². The van der Waals surface area contributed by atoms with Crippen molar-refractivity contribution in [3.05, 3.63) is 58.8 Å². The maximum Gasteiger partial charge on any atom is 0.490 e. The molecule has 4 N–H and O–H groups in total. The van der Waals surface area contributed by atoms with Crippen molar-refractivity contribution in [3.8, 4) is 6.07 Å². The lowest BCUT2D eigenvalue weighted by Gasteiger charge is -2.19. The SMILES string of the molecule is N#Cc1cc2c(nc1NCC(N)c1ccccc1)CCCC2.O=C(O)C(F)(F)F. The Morgan fingerprint density at radius 3 is 2.48 bits per heavy atom. The Labute approximate surface area is 166 Å². The number of carboxylic acid groups (broad SMARTS) is 1. The fourth-order valence-corrected chi connectivity index (χ4v) is 2.88. The van der Waals surface area contributed by atoms with E-state index in [4.69, 9.17) is 15.6 Å². The van der Waals surface area contributed by atoms with Gasteiger partial charge < -0.3 is 16.2 Å². The summed E-state index contributed by atoms with van der Waals surface area (Å²) in [6.07, 6.45) is -0.693. The molecule has 1 aromatic carbocycles. The van der Waals surface area contributed by atoms with E-state index >= 15 is 0 Å². The summed E-state index contributed by atoms with van der Waals surface area (Å²) in [5, 5.41) is 19.7. The molecule has 3 rings (SSSR count). The number of alkyl halides is 3. The van der Waals surface area contributed by atoms with Gasteiger partial charge in [0.25, 0.3) is 0 Å². The number of halogens is 3. The number of nitrogens with zero attached hydrogens (tertiary/aromatic N) is 2. The van der Waals surface area contributed by atoms with Crippen LogP contribution >= 0.6 is 0 Å². The molecule has 0 saturated heterocycles. The second kappa shape index (κ2) is 9.89. The fraction of sp³-hybridized carbons (Fsp3) is 0.350. The second-order valence-corrected chi connectivity index (χ2v) is 6.51. The van der Waals surface area contributed by atoms with Gasteiger partial charge in [-0.25, -0.2) is 9.78 Å². The van der Waals surface area contributed by atoms with Gasteiger partial charge in [0.05, 0.1) is 5.56 Å². The number of benzene rings is 1. The van der Waals surface area contributed by atoms with Crippen LogP contribution in [0.25, 0.3) is 0 Å². The average molecular weight is 406 g/mol. The predicted octanol–water partition coefficient (Wildman–Crippen LogP) is 3.58. The molecular weight excluding hydrogens is 385 g/mol. The summed E-state index contributed by atoms with van der Waals surface area (Å²) >= 11 is 0. The normalized spacial score (nSPS) is 13.9. The van der Waals surface area contributed by atoms with E-state index in [0.29, 0.717) is 17.9 Å². The second-order valence-electron chi connectivity index (χ2n) is 6.51. The molecule has 1 heterocycles. The third-order valence-corrected chi connectivity index (χ3v) is 4.38. The molecule has 0 aliphatic heterocycles. The summed E-state index contributed by atoms with van der Waals surface area (Å²) < 4.78 is 31.7. The minimum absolute atomic E-state index is 0.120. The maximum absolute atomic E-state index is 10.6. The van der Waals surface area contributed by atoms with Crippen molar-refractivity contribution in [2.45, 2.75) is 37.9 Å². The molecule has 1 unspecified atom stereocenters. The van der Waals surface area contributed by atoms with E-state index in [0.717, 1.165) is 24.1 Å². The van der Waals surface area contributed by atoms with Crippen LogP contribution in [0.1, 0.15) is 41.3 Å². The Balaban J connectivity index is 0.000000370. The van der Waals surface area contributed by atoms with Crippen molar-refractivity contribution in [2.24, 2.45) is 5.73 Å². The van der Waals surface area contributed by atoms with Crippen LogP contribution in [-0.2, 0) is 17.6 Å². The molecule has 1 atom stereocenters. The lowest BCUT2D eigenvalue weighted by Crippen LogP contribution is -2.22. The van der Waals surface area contributed by atoms with Crippen LogP contribution in [0.4, 0.5) is 19.0 Å². The number of hydrogen-bond donors (Lipinski definition) is 3. The van der Waals surface area contributed by atoms with Crippen molar-refractivity contribution >= 4 is 11.8 Å². The zero-order valence-corrected chi connectivity index (χ0v) is 15.5. The van der Waals surface area contributed by atoms with Crippen molar-refractivity contribution in [1.82, 2.24) is 4.98 Å². The molecule has 0 bridgehead atoms. The van der Waals surface area contributed by atoms with Gasteiger partial charge >= 0.3 is 12.1 Å².